The van der Waals surface area contributed by atoms with Crippen molar-refractivity contribution in [2.24, 2.45) is 0 Å². The zero-order valence-corrected chi connectivity index (χ0v) is 16.8. The summed E-state index contributed by atoms with van der Waals surface area (Å²) in [5.74, 6) is -2.90. The van der Waals surface area contributed by atoms with Crippen LogP contribution in [0.25, 0.3) is 0 Å². The average Bonchev–Trinajstić information content (AvgIpc) is 2.63. The summed E-state index contributed by atoms with van der Waals surface area (Å²) in [6.07, 6.45) is 20.1. The van der Waals surface area contributed by atoms with E-state index in [1.165, 1.54) is 96.3 Å². The fourth-order valence-electron chi connectivity index (χ4n) is 6.69. The minimum atomic E-state index is -2.65. The molecule has 3 aliphatic carbocycles. The Bertz CT molecular complexity index is 331. The van der Waals surface area contributed by atoms with E-state index in [1.54, 1.807) is 0 Å². The first-order valence-corrected chi connectivity index (χ1v) is 13.9. The van der Waals surface area contributed by atoms with E-state index < -0.39 is 5.96 Å². The van der Waals surface area contributed by atoms with Crippen LogP contribution in [0.5, 0.6) is 0 Å². The van der Waals surface area contributed by atoms with E-state index in [9.17, 15) is 5.11 Å². The quantitative estimate of drug-likeness (QED) is 0.533. The summed E-state index contributed by atoms with van der Waals surface area (Å²) in [7, 11) is 0. The molecule has 1 N–H and O–H groups in total. The topological polar surface area (TPSA) is 20.2 Å². The van der Waals surface area contributed by atoms with Crippen LogP contribution in [0.1, 0.15) is 103 Å². The van der Waals surface area contributed by atoms with Crippen molar-refractivity contribution >= 4 is 17.2 Å². The van der Waals surface area contributed by atoms with E-state index in [0.29, 0.717) is 17.0 Å². The van der Waals surface area contributed by atoms with Gasteiger partial charge in [0.2, 0.25) is 0 Å². The van der Waals surface area contributed by atoms with Gasteiger partial charge in [-0.3, -0.25) is 0 Å². The summed E-state index contributed by atoms with van der Waals surface area (Å²) in [6.45, 7) is 2.10. The molecule has 1 unspecified atom stereocenters. The van der Waals surface area contributed by atoms with Gasteiger partial charge in [0, 0.05) is 0 Å². The Labute approximate surface area is 148 Å². The van der Waals surface area contributed by atoms with E-state index in [0.717, 1.165) is 0 Å². The molecule has 3 heteroatoms. The fourth-order valence-corrected chi connectivity index (χ4v) is 16.4. The molecule has 3 saturated carbocycles. The second-order valence-corrected chi connectivity index (χ2v) is 16.6. The Morgan fingerprint density at radius 3 is 1.13 bits per heavy atom. The first kappa shape index (κ1) is 18.5. The minimum absolute atomic E-state index is 0.253. The Balaban J connectivity index is 2.03. The van der Waals surface area contributed by atoms with E-state index in [4.69, 9.17) is 11.2 Å². The predicted molar refractivity (Wildman–Crippen MR) is 105 cm³/mol. The maximum absolute atomic E-state index is 11.3. The molecule has 0 amide bonds. The molecule has 1 nitrogen and oxygen atoms in total. The second kappa shape index (κ2) is 7.51. The van der Waals surface area contributed by atoms with E-state index in [-0.39, 0.29) is 5.85 Å². The van der Waals surface area contributed by atoms with Crippen LogP contribution in [0.3, 0.4) is 0 Å². The summed E-state index contributed by atoms with van der Waals surface area (Å²) in [6, 6.07) is 0. The SMILES string of the molecule is CC(O)P(Cl)(C1CCCCC1)(C1CCCCC1)C1CCCCC1. The fraction of sp³-hybridized carbons (Fsp3) is 1.00. The molecule has 0 radical (unpaired) electrons. The van der Waals surface area contributed by atoms with Gasteiger partial charge in [0.1, 0.15) is 0 Å². The number of halogens is 1. The van der Waals surface area contributed by atoms with Gasteiger partial charge in [-0.05, 0) is 0 Å². The first-order valence-electron chi connectivity index (χ1n) is 10.5. The summed E-state index contributed by atoms with van der Waals surface area (Å²) in [5, 5.41) is 11.3. The number of aliphatic hydroxyl groups excluding tert-OH is 1. The molecule has 0 saturated heterocycles. The second-order valence-electron chi connectivity index (χ2n) is 8.79. The average molecular weight is 361 g/mol. The Morgan fingerprint density at radius 2 is 0.913 bits per heavy atom. The molecule has 0 aromatic carbocycles. The molecule has 136 valence electrons. The molecule has 0 bridgehead atoms. The van der Waals surface area contributed by atoms with Gasteiger partial charge in [-0.2, -0.15) is 0 Å². The van der Waals surface area contributed by atoms with E-state index in [2.05, 4.69) is 6.92 Å². The Hall–Kier alpha value is 0.680. The predicted octanol–water partition coefficient (Wildman–Crippen LogP) is 7.03. The van der Waals surface area contributed by atoms with Gasteiger partial charge < -0.3 is 0 Å². The molecule has 0 spiro atoms. The molecule has 23 heavy (non-hydrogen) atoms. The normalized spacial score (nSPS) is 29.8. The molecule has 1 atom stereocenters. The van der Waals surface area contributed by atoms with Gasteiger partial charge >= 0.3 is 148 Å². The summed E-state index contributed by atoms with van der Waals surface area (Å²) < 4.78 is 0. The zero-order valence-electron chi connectivity index (χ0n) is 15.2. The van der Waals surface area contributed by atoms with Crippen LogP contribution in [-0.4, -0.2) is 27.9 Å². The molecule has 3 aliphatic rings. The van der Waals surface area contributed by atoms with Crippen LogP contribution in [0.2, 0.25) is 0 Å². The van der Waals surface area contributed by atoms with Gasteiger partial charge in [0.05, 0.1) is 0 Å². The molecule has 3 fully saturated rings. The van der Waals surface area contributed by atoms with Gasteiger partial charge in [-0.25, -0.2) is 0 Å². The third-order valence-corrected chi connectivity index (χ3v) is 18.9. The van der Waals surface area contributed by atoms with Crippen molar-refractivity contribution in [3.63, 3.8) is 0 Å². The number of hydrogen-bond acceptors (Lipinski definition) is 1. The van der Waals surface area contributed by atoms with Crippen molar-refractivity contribution < 1.29 is 5.11 Å². The van der Waals surface area contributed by atoms with Crippen LogP contribution in [0.4, 0.5) is 0 Å². The molecule has 0 heterocycles. The molecular formula is C20H38ClOP. The third kappa shape index (κ3) is 3.02. The van der Waals surface area contributed by atoms with Crippen LogP contribution < -0.4 is 0 Å². The van der Waals surface area contributed by atoms with Gasteiger partial charge in [0.25, 0.3) is 0 Å². The standard InChI is InChI=1S/C20H38ClOP/c1-17(22)23(21,18-11-5-2-6-12-18,19-13-7-3-8-14-19)20-15-9-4-10-16-20/h17-20,22H,2-16H2,1H3. The first-order chi connectivity index (χ1) is 11.1. The van der Waals surface area contributed by atoms with Crippen molar-refractivity contribution in [3.8, 4) is 0 Å². The van der Waals surface area contributed by atoms with Crippen molar-refractivity contribution in [1.82, 2.24) is 0 Å². The summed E-state index contributed by atoms with van der Waals surface area (Å²) in [5.41, 5.74) is 1.97. The van der Waals surface area contributed by atoms with Gasteiger partial charge in [-0.1, -0.05) is 0 Å². The Kier molecular flexibility index (Phi) is 6.03. The summed E-state index contributed by atoms with van der Waals surface area (Å²) in [4.78, 5) is 0. The zero-order chi connectivity index (χ0) is 16.4. The molecule has 0 aliphatic heterocycles. The van der Waals surface area contributed by atoms with Crippen LogP contribution >= 0.6 is 17.2 Å². The monoisotopic (exact) mass is 360 g/mol. The Morgan fingerprint density at radius 1 is 0.652 bits per heavy atom. The third-order valence-electron chi connectivity index (χ3n) is 7.82. The van der Waals surface area contributed by atoms with Crippen LogP contribution in [0.15, 0.2) is 0 Å². The molecular weight excluding hydrogens is 323 g/mol. The number of rotatable bonds is 4. The van der Waals surface area contributed by atoms with Crippen LogP contribution in [0, 0.1) is 0 Å². The number of hydrogen-bond donors (Lipinski definition) is 1. The van der Waals surface area contributed by atoms with Gasteiger partial charge in [0.15, 0.2) is 0 Å². The van der Waals surface area contributed by atoms with E-state index in [1.807, 2.05) is 0 Å². The molecule has 0 aromatic rings. The maximum atomic E-state index is 11.3. The molecule has 3 rings (SSSR count). The van der Waals surface area contributed by atoms with Crippen LogP contribution in [-0.2, 0) is 0 Å². The van der Waals surface area contributed by atoms with Crippen molar-refractivity contribution in [2.45, 2.75) is 126 Å². The molecule has 0 aromatic heterocycles. The van der Waals surface area contributed by atoms with Crippen molar-refractivity contribution in [3.05, 3.63) is 0 Å². The van der Waals surface area contributed by atoms with Crippen molar-refractivity contribution in [1.29, 1.82) is 0 Å². The number of aliphatic hydroxyl groups is 1. The van der Waals surface area contributed by atoms with E-state index >= 15 is 0 Å². The van der Waals surface area contributed by atoms with Gasteiger partial charge in [-0.15, -0.1) is 0 Å². The summed E-state index contributed by atoms with van der Waals surface area (Å²) >= 11 is 8.05. The van der Waals surface area contributed by atoms with Crippen molar-refractivity contribution in [2.75, 3.05) is 0 Å².